The smallest absolute Gasteiger partial charge is 0.344 e. The SMILES string of the molecule is COCCNCc1cc(Cl)cc(Cl)c1OC(C)C(=O)O. The number of halogens is 2. The molecule has 0 aliphatic rings. The summed E-state index contributed by atoms with van der Waals surface area (Å²) < 4.78 is 10.3. The van der Waals surface area contributed by atoms with Gasteiger partial charge in [-0.05, 0) is 19.1 Å². The van der Waals surface area contributed by atoms with Gasteiger partial charge >= 0.3 is 5.97 Å². The zero-order valence-electron chi connectivity index (χ0n) is 11.3. The molecule has 0 bridgehead atoms. The second-order valence-electron chi connectivity index (χ2n) is 4.14. The van der Waals surface area contributed by atoms with Gasteiger partial charge in [-0.2, -0.15) is 0 Å². The molecule has 0 aliphatic carbocycles. The largest absolute Gasteiger partial charge is 0.479 e. The summed E-state index contributed by atoms with van der Waals surface area (Å²) in [7, 11) is 1.61. The van der Waals surface area contributed by atoms with Gasteiger partial charge in [-0.1, -0.05) is 23.2 Å². The number of aliphatic carboxylic acids is 1. The fourth-order valence-corrected chi connectivity index (χ4v) is 2.08. The lowest BCUT2D eigenvalue weighted by Crippen LogP contribution is -2.25. The Morgan fingerprint density at radius 3 is 2.75 bits per heavy atom. The van der Waals surface area contributed by atoms with E-state index in [1.54, 1.807) is 13.2 Å². The highest BCUT2D eigenvalue weighted by atomic mass is 35.5. The first-order valence-electron chi connectivity index (χ1n) is 6.02. The van der Waals surface area contributed by atoms with Gasteiger partial charge in [-0.3, -0.25) is 0 Å². The summed E-state index contributed by atoms with van der Waals surface area (Å²) in [5.74, 6) is -0.731. The number of ether oxygens (including phenoxy) is 2. The van der Waals surface area contributed by atoms with E-state index in [0.29, 0.717) is 36.0 Å². The van der Waals surface area contributed by atoms with E-state index in [-0.39, 0.29) is 5.02 Å². The highest BCUT2D eigenvalue weighted by Crippen LogP contribution is 2.33. The van der Waals surface area contributed by atoms with Crippen LogP contribution < -0.4 is 10.1 Å². The van der Waals surface area contributed by atoms with Crippen molar-refractivity contribution < 1.29 is 19.4 Å². The van der Waals surface area contributed by atoms with Gasteiger partial charge in [0, 0.05) is 30.8 Å². The van der Waals surface area contributed by atoms with Gasteiger partial charge in [0.15, 0.2) is 6.10 Å². The predicted molar refractivity (Wildman–Crippen MR) is 77.8 cm³/mol. The van der Waals surface area contributed by atoms with Crippen LogP contribution in [0, 0.1) is 0 Å². The number of carboxylic acids is 1. The molecule has 1 aromatic carbocycles. The Hall–Kier alpha value is -1.01. The van der Waals surface area contributed by atoms with Crippen LogP contribution in [-0.4, -0.2) is 37.4 Å². The van der Waals surface area contributed by atoms with Gasteiger partial charge in [0.25, 0.3) is 0 Å². The van der Waals surface area contributed by atoms with E-state index in [1.165, 1.54) is 13.0 Å². The molecule has 0 saturated carbocycles. The summed E-state index contributed by atoms with van der Waals surface area (Å²) in [4.78, 5) is 10.9. The topological polar surface area (TPSA) is 67.8 Å². The Morgan fingerprint density at radius 2 is 2.15 bits per heavy atom. The third-order valence-corrected chi connectivity index (χ3v) is 3.03. The second kappa shape index (κ2) is 8.32. The van der Waals surface area contributed by atoms with Crippen molar-refractivity contribution in [2.75, 3.05) is 20.3 Å². The van der Waals surface area contributed by atoms with Crippen molar-refractivity contribution in [3.8, 4) is 5.75 Å². The van der Waals surface area contributed by atoms with Gasteiger partial charge in [-0.15, -0.1) is 0 Å². The van der Waals surface area contributed by atoms with Crippen molar-refractivity contribution in [3.63, 3.8) is 0 Å². The number of hydrogen-bond donors (Lipinski definition) is 2. The summed E-state index contributed by atoms with van der Waals surface area (Å²) in [6.45, 7) is 3.10. The quantitative estimate of drug-likeness (QED) is 0.720. The minimum Gasteiger partial charge on any atom is -0.479 e. The molecule has 0 heterocycles. The van der Waals surface area contributed by atoms with E-state index in [4.69, 9.17) is 37.8 Å². The molecule has 0 aromatic heterocycles. The number of carboxylic acid groups (broad SMARTS) is 1. The summed E-state index contributed by atoms with van der Waals surface area (Å²) in [6.07, 6.45) is -0.994. The Morgan fingerprint density at radius 1 is 1.45 bits per heavy atom. The normalized spacial score (nSPS) is 12.2. The van der Waals surface area contributed by atoms with E-state index in [2.05, 4.69) is 5.32 Å². The molecule has 2 N–H and O–H groups in total. The molecule has 0 spiro atoms. The molecule has 1 rings (SSSR count). The Labute approximate surface area is 127 Å². The van der Waals surface area contributed by atoms with Crippen LogP contribution in [0.2, 0.25) is 10.0 Å². The molecule has 0 aliphatic heterocycles. The van der Waals surface area contributed by atoms with Crippen molar-refractivity contribution in [2.24, 2.45) is 0 Å². The molecule has 0 amide bonds. The van der Waals surface area contributed by atoms with Crippen molar-refractivity contribution >= 4 is 29.2 Å². The average Bonchev–Trinajstić information content (AvgIpc) is 2.38. The number of methoxy groups -OCH3 is 1. The number of hydrogen-bond acceptors (Lipinski definition) is 4. The Kier molecular flexibility index (Phi) is 7.09. The molecule has 1 unspecified atom stereocenters. The maximum absolute atomic E-state index is 10.9. The maximum atomic E-state index is 10.9. The zero-order chi connectivity index (χ0) is 15.1. The highest BCUT2D eigenvalue weighted by molar-refractivity contribution is 6.35. The van der Waals surface area contributed by atoms with E-state index < -0.39 is 12.1 Å². The molecular weight excluding hydrogens is 305 g/mol. The minimum absolute atomic E-state index is 0.286. The van der Waals surface area contributed by atoms with E-state index in [1.807, 2.05) is 0 Å². The van der Waals surface area contributed by atoms with Gasteiger partial charge in [0.2, 0.25) is 0 Å². The van der Waals surface area contributed by atoms with Crippen LogP contribution in [0.1, 0.15) is 12.5 Å². The number of rotatable bonds is 8. The standard InChI is InChI=1S/C13H17Cl2NO4/c1-8(13(17)18)20-12-9(7-16-3-4-19-2)5-10(14)6-11(12)15/h5-6,8,16H,3-4,7H2,1-2H3,(H,17,18). The fourth-order valence-electron chi connectivity index (χ4n) is 1.50. The molecule has 1 atom stereocenters. The molecule has 112 valence electrons. The molecule has 0 saturated heterocycles. The summed E-state index contributed by atoms with van der Waals surface area (Å²) in [5.41, 5.74) is 0.701. The van der Waals surface area contributed by atoms with E-state index in [0.717, 1.165) is 0 Å². The number of benzene rings is 1. The molecule has 0 fully saturated rings. The van der Waals surface area contributed by atoms with Crippen molar-refractivity contribution in [2.45, 2.75) is 19.6 Å². The van der Waals surface area contributed by atoms with Crippen LogP contribution in [0.25, 0.3) is 0 Å². The van der Waals surface area contributed by atoms with E-state index >= 15 is 0 Å². The van der Waals surface area contributed by atoms with Crippen LogP contribution in [0.4, 0.5) is 0 Å². The first-order valence-corrected chi connectivity index (χ1v) is 6.78. The van der Waals surface area contributed by atoms with E-state index in [9.17, 15) is 4.79 Å². The molecule has 0 radical (unpaired) electrons. The molecule has 20 heavy (non-hydrogen) atoms. The average molecular weight is 322 g/mol. The van der Waals surface area contributed by atoms with Gasteiger partial charge in [-0.25, -0.2) is 4.79 Å². The third kappa shape index (κ3) is 5.17. The van der Waals surface area contributed by atoms with Gasteiger partial charge in [0.1, 0.15) is 5.75 Å². The fraction of sp³-hybridized carbons (Fsp3) is 0.462. The lowest BCUT2D eigenvalue weighted by atomic mass is 10.2. The number of carbonyl (C=O) groups is 1. The van der Waals surface area contributed by atoms with Crippen molar-refractivity contribution in [1.29, 1.82) is 0 Å². The van der Waals surface area contributed by atoms with Crippen LogP contribution in [0.5, 0.6) is 5.75 Å². The van der Waals surface area contributed by atoms with Crippen molar-refractivity contribution in [3.05, 3.63) is 27.7 Å². The van der Waals surface area contributed by atoms with Crippen molar-refractivity contribution in [1.82, 2.24) is 5.32 Å². The van der Waals surface area contributed by atoms with Gasteiger partial charge < -0.3 is 19.9 Å². The number of nitrogens with one attached hydrogen (secondary N) is 1. The second-order valence-corrected chi connectivity index (χ2v) is 4.99. The molecule has 1 aromatic rings. The lowest BCUT2D eigenvalue weighted by Gasteiger charge is -2.17. The Bertz CT molecular complexity index is 468. The first kappa shape index (κ1) is 17.0. The van der Waals surface area contributed by atoms with Crippen LogP contribution in [0.15, 0.2) is 12.1 Å². The maximum Gasteiger partial charge on any atom is 0.344 e. The first-order chi connectivity index (χ1) is 9.45. The monoisotopic (exact) mass is 321 g/mol. The summed E-state index contributed by atoms with van der Waals surface area (Å²) in [5, 5.41) is 12.8. The third-order valence-electron chi connectivity index (χ3n) is 2.53. The Balaban J connectivity index is 2.87. The molecule has 5 nitrogen and oxygen atoms in total. The van der Waals surface area contributed by atoms with Crippen LogP contribution in [0.3, 0.4) is 0 Å². The highest BCUT2D eigenvalue weighted by Gasteiger charge is 2.18. The lowest BCUT2D eigenvalue weighted by molar-refractivity contribution is -0.144. The van der Waals surface area contributed by atoms with Gasteiger partial charge in [0.05, 0.1) is 11.6 Å². The molecular formula is C13H17Cl2NO4. The zero-order valence-corrected chi connectivity index (χ0v) is 12.8. The predicted octanol–water partition coefficient (Wildman–Crippen LogP) is 2.58. The summed E-state index contributed by atoms with van der Waals surface area (Å²) in [6, 6.07) is 3.21. The van der Waals surface area contributed by atoms with Crippen LogP contribution in [-0.2, 0) is 16.1 Å². The minimum atomic E-state index is -1.06. The van der Waals surface area contributed by atoms with Crippen LogP contribution >= 0.6 is 23.2 Å². The molecule has 7 heteroatoms. The summed E-state index contributed by atoms with van der Waals surface area (Å²) >= 11 is 12.0.